The zero-order valence-corrected chi connectivity index (χ0v) is 11.4. The Morgan fingerprint density at radius 1 is 1.48 bits per heavy atom. The first-order valence-electron chi connectivity index (χ1n) is 6.06. The number of rotatable bonds is 3. The van der Waals surface area contributed by atoms with Crippen molar-refractivity contribution < 1.29 is 22.7 Å². The number of anilines is 1. The Bertz CT molecular complexity index is 701. The molecule has 3 rings (SSSR count). The Kier molecular flexibility index (Phi) is 3.16. The topological polar surface area (TPSA) is 68.5 Å². The van der Waals surface area contributed by atoms with Crippen molar-refractivity contribution in [2.45, 2.75) is 18.8 Å². The molecule has 2 heterocycles. The molecule has 0 spiro atoms. The van der Waals surface area contributed by atoms with E-state index < -0.39 is 18.3 Å². The smallest absolute Gasteiger partial charge is 0.406 e. The number of thiazole rings is 1. The molecule has 1 aromatic heterocycles. The van der Waals surface area contributed by atoms with E-state index in [1.54, 1.807) is 4.90 Å². The fourth-order valence-electron chi connectivity index (χ4n) is 2.12. The number of aromatic nitrogens is 1. The van der Waals surface area contributed by atoms with E-state index in [1.807, 2.05) is 0 Å². The molecule has 5 nitrogen and oxygen atoms in total. The van der Waals surface area contributed by atoms with E-state index in [1.165, 1.54) is 29.5 Å². The Hall–Kier alpha value is -2.03. The average molecular weight is 317 g/mol. The van der Waals surface area contributed by atoms with Gasteiger partial charge in [0.15, 0.2) is 5.13 Å². The largest absolute Gasteiger partial charge is 0.573 e. The van der Waals surface area contributed by atoms with Gasteiger partial charge in [0.25, 0.3) is 0 Å². The van der Waals surface area contributed by atoms with E-state index in [2.05, 4.69) is 9.72 Å². The number of alkyl halides is 3. The van der Waals surface area contributed by atoms with Crippen molar-refractivity contribution in [2.75, 3.05) is 11.4 Å². The summed E-state index contributed by atoms with van der Waals surface area (Å²) in [5, 5.41) is 0.573. The summed E-state index contributed by atoms with van der Waals surface area (Å²) in [5.41, 5.74) is 5.82. The van der Waals surface area contributed by atoms with Crippen LogP contribution in [-0.4, -0.2) is 29.8 Å². The van der Waals surface area contributed by atoms with Crippen molar-refractivity contribution in [3.63, 3.8) is 0 Å². The number of nitrogens with two attached hydrogens (primary N) is 1. The van der Waals surface area contributed by atoms with Crippen molar-refractivity contribution in [1.82, 2.24) is 4.98 Å². The summed E-state index contributed by atoms with van der Waals surface area (Å²) in [4.78, 5) is 17.3. The molecule has 1 aromatic carbocycles. The lowest BCUT2D eigenvalue weighted by Crippen LogP contribution is -2.55. The third-order valence-corrected chi connectivity index (χ3v) is 4.23. The number of nitrogens with zero attached hydrogens (tertiary/aromatic N) is 2. The lowest BCUT2D eigenvalue weighted by Gasteiger charge is -2.38. The van der Waals surface area contributed by atoms with Gasteiger partial charge in [0, 0.05) is 12.6 Å². The van der Waals surface area contributed by atoms with Gasteiger partial charge in [0.1, 0.15) is 11.8 Å². The van der Waals surface area contributed by atoms with E-state index in [0.717, 1.165) is 0 Å². The molecule has 1 amide bonds. The maximum Gasteiger partial charge on any atom is 0.573 e. The van der Waals surface area contributed by atoms with E-state index >= 15 is 0 Å². The molecule has 1 saturated heterocycles. The molecule has 1 aliphatic rings. The van der Waals surface area contributed by atoms with E-state index in [9.17, 15) is 18.0 Å². The van der Waals surface area contributed by atoms with Gasteiger partial charge >= 0.3 is 6.36 Å². The van der Waals surface area contributed by atoms with E-state index in [-0.39, 0.29) is 5.75 Å². The van der Waals surface area contributed by atoms with E-state index in [0.29, 0.717) is 28.3 Å². The van der Waals surface area contributed by atoms with Crippen LogP contribution >= 0.6 is 11.3 Å². The molecule has 2 aromatic rings. The Balaban J connectivity index is 1.88. The number of benzene rings is 1. The van der Waals surface area contributed by atoms with Crippen LogP contribution in [0.3, 0.4) is 0 Å². The van der Waals surface area contributed by atoms with Gasteiger partial charge in [0.05, 0.1) is 10.2 Å². The molecule has 0 saturated carbocycles. The number of amides is 1. The summed E-state index contributed by atoms with van der Waals surface area (Å²) in [7, 11) is 0. The molecule has 1 aliphatic heterocycles. The Morgan fingerprint density at radius 2 is 2.24 bits per heavy atom. The fourth-order valence-corrected chi connectivity index (χ4v) is 3.19. The molecule has 112 valence electrons. The predicted octanol–water partition coefficient (Wildman–Crippen LogP) is 2.26. The monoisotopic (exact) mass is 317 g/mol. The van der Waals surface area contributed by atoms with Crippen molar-refractivity contribution in [3.8, 4) is 5.75 Å². The molecule has 2 N–H and O–H groups in total. The zero-order valence-electron chi connectivity index (χ0n) is 10.6. The molecule has 21 heavy (non-hydrogen) atoms. The minimum atomic E-state index is -4.73. The number of fused-ring (bicyclic) bond motifs is 1. The standard InChI is InChI=1S/C12H10F3N3O2S/c13-12(14,15)20-6-1-2-7-9(5-6)21-11(17-7)18-4-3-8(18)10(16)19/h1-2,5,8H,3-4H2,(H2,16,19). The number of ether oxygens (including phenoxy) is 1. The predicted molar refractivity (Wildman–Crippen MR) is 71.2 cm³/mol. The highest BCUT2D eigenvalue weighted by Gasteiger charge is 2.35. The van der Waals surface area contributed by atoms with Crippen LogP contribution < -0.4 is 15.4 Å². The molecule has 0 aliphatic carbocycles. The third-order valence-electron chi connectivity index (χ3n) is 3.18. The van der Waals surface area contributed by atoms with Crippen LogP contribution in [0.2, 0.25) is 0 Å². The molecular weight excluding hydrogens is 307 g/mol. The first-order valence-corrected chi connectivity index (χ1v) is 6.87. The van der Waals surface area contributed by atoms with Crippen LogP contribution in [0.25, 0.3) is 10.2 Å². The number of carbonyl (C=O) groups is 1. The second-order valence-electron chi connectivity index (χ2n) is 4.57. The second-order valence-corrected chi connectivity index (χ2v) is 5.58. The van der Waals surface area contributed by atoms with Gasteiger partial charge in [0.2, 0.25) is 5.91 Å². The van der Waals surface area contributed by atoms with Crippen LogP contribution in [0.1, 0.15) is 6.42 Å². The van der Waals surface area contributed by atoms with Gasteiger partial charge in [-0.1, -0.05) is 11.3 Å². The minimum absolute atomic E-state index is 0.291. The average Bonchev–Trinajstić information content (AvgIpc) is 2.66. The third kappa shape index (κ3) is 2.73. The van der Waals surface area contributed by atoms with Crippen molar-refractivity contribution >= 4 is 32.6 Å². The van der Waals surface area contributed by atoms with Gasteiger partial charge in [-0.05, 0) is 18.6 Å². The van der Waals surface area contributed by atoms with Gasteiger partial charge in [-0.15, -0.1) is 13.2 Å². The molecule has 1 unspecified atom stereocenters. The summed E-state index contributed by atoms with van der Waals surface area (Å²) in [6.45, 7) is 0.652. The number of carbonyl (C=O) groups excluding carboxylic acids is 1. The second kappa shape index (κ2) is 4.76. The number of primary amides is 1. The van der Waals surface area contributed by atoms with Crippen LogP contribution in [0.15, 0.2) is 18.2 Å². The van der Waals surface area contributed by atoms with Crippen LogP contribution in [0.4, 0.5) is 18.3 Å². The normalized spacial score (nSPS) is 18.6. The minimum Gasteiger partial charge on any atom is -0.406 e. The van der Waals surface area contributed by atoms with Crippen molar-refractivity contribution in [3.05, 3.63) is 18.2 Å². The molecular formula is C12H10F3N3O2S. The Labute approximate surface area is 121 Å². The quantitative estimate of drug-likeness (QED) is 0.943. The summed E-state index contributed by atoms with van der Waals surface area (Å²) in [6.07, 6.45) is -4.07. The van der Waals surface area contributed by atoms with Gasteiger partial charge in [-0.3, -0.25) is 4.79 Å². The summed E-state index contributed by atoms with van der Waals surface area (Å²) in [5.74, 6) is -0.720. The van der Waals surface area contributed by atoms with Gasteiger partial charge in [-0.2, -0.15) is 0 Å². The van der Waals surface area contributed by atoms with Crippen molar-refractivity contribution in [1.29, 1.82) is 0 Å². The van der Waals surface area contributed by atoms with Gasteiger partial charge in [-0.25, -0.2) is 4.98 Å². The summed E-state index contributed by atoms with van der Waals surface area (Å²) in [6, 6.07) is 3.55. The Morgan fingerprint density at radius 3 is 2.81 bits per heavy atom. The highest BCUT2D eigenvalue weighted by atomic mass is 32.1. The number of hydrogen-bond donors (Lipinski definition) is 1. The van der Waals surface area contributed by atoms with Crippen LogP contribution in [0.5, 0.6) is 5.75 Å². The lowest BCUT2D eigenvalue weighted by atomic mass is 10.0. The fraction of sp³-hybridized carbons (Fsp3) is 0.333. The first-order chi connectivity index (χ1) is 9.83. The van der Waals surface area contributed by atoms with E-state index in [4.69, 9.17) is 5.73 Å². The molecule has 0 radical (unpaired) electrons. The first kappa shape index (κ1) is 13.9. The molecule has 1 fully saturated rings. The number of halogens is 3. The van der Waals surface area contributed by atoms with Crippen molar-refractivity contribution in [2.24, 2.45) is 5.73 Å². The summed E-state index contributed by atoms with van der Waals surface area (Å²) < 4.78 is 41.0. The highest BCUT2D eigenvalue weighted by molar-refractivity contribution is 7.22. The van der Waals surface area contributed by atoms with Gasteiger partial charge < -0.3 is 15.4 Å². The maximum atomic E-state index is 12.2. The SMILES string of the molecule is NC(=O)C1CCN1c1nc2ccc(OC(F)(F)F)cc2s1. The van der Waals surface area contributed by atoms with Crippen LogP contribution in [0, 0.1) is 0 Å². The molecule has 0 bridgehead atoms. The zero-order chi connectivity index (χ0) is 15.2. The molecule has 9 heteroatoms. The summed E-state index contributed by atoms with van der Waals surface area (Å²) >= 11 is 1.20. The van der Waals surface area contributed by atoms with Crippen LogP contribution in [-0.2, 0) is 4.79 Å². The lowest BCUT2D eigenvalue weighted by molar-refractivity contribution is -0.274. The molecule has 1 atom stereocenters. The number of hydrogen-bond acceptors (Lipinski definition) is 5. The maximum absolute atomic E-state index is 12.2. The highest BCUT2D eigenvalue weighted by Crippen LogP contribution is 2.36.